The minimum absolute atomic E-state index is 0.232. The monoisotopic (exact) mass is 425 g/mol. The number of aromatic nitrogens is 1. The number of nitrogens with one attached hydrogen (secondary N) is 1. The predicted octanol–water partition coefficient (Wildman–Crippen LogP) is 1.65. The number of carbonyl (C=O) groups is 4. The first-order chi connectivity index (χ1) is 14.4. The first-order valence-corrected chi connectivity index (χ1v) is 9.95. The van der Waals surface area contributed by atoms with Gasteiger partial charge in [-0.15, -0.1) is 5.10 Å². The number of benzene rings is 1. The number of rotatable bonds is 6. The molecule has 0 spiro atoms. The Balaban J connectivity index is 1.96. The van der Waals surface area contributed by atoms with E-state index in [9.17, 15) is 19.2 Å². The highest BCUT2D eigenvalue weighted by molar-refractivity contribution is 7.11. The highest BCUT2D eigenvalue weighted by atomic mass is 32.1. The Morgan fingerprint density at radius 1 is 1.17 bits per heavy atom. The van der Waals surface area contributed by atoms with Crippen molar-refractivity contribution >= 4 is 34.8 Å². The van der Waals surface area contributed by atoms with Crippen LogP contribution in [0.4, 0.5) is 0 Å². The normalized spacial score (nSPS) is 13.9. The maximum Gasteiger partial charge on any atom is 0.350 e. The van der Waals surface area contributed by atoms with Crippen LogP contribution in [-0.4, -0.2) is 34.6 Å². The third-order valence-electron chi connectivity index (χ3n) is 4.25. The summed E-state index contributed by atoms with van der Waals surface area (Å²) in [4.78, 5) is 48.7. The average molecular weight is 425 g/mol. The summed E-state index contributed by atoms with van der Waals surface area (Å²) >= 11 is 1.07. The van der Waals surface area contributed by atoms with E-state index in [0.717, 1.165) is 35.1 Å². The fourth-order valence-corrected chi connectivity index (χ4v) is 3.74. The number of ketones is 2. The van der Waals surface area contributed by atoms with Crippen LogP contribution in [0.15, 0.2) is 59.2 Å². The average Bonchev–Trinajstić information content (AvgIpc) is 3.04. The third-order valence-corrected chi connectivity index (χ3v) is 5.41. The third kappa shape index (κ3) is 4.69. The van der Waals surface area contributed by atoms with Crippen LogP contribution in [0.25, 0.3) is 0 Å². The summed E-state index contributed by atoms with van der Waals surface area (Å²) < 4.78 is 6.88. The first-order valence-electron chi connectivity index (χ1n) is 9.14. The van der Waals surface area contributed by atoms with Gasteiger partial charge in [-0.25, -0.2) is 10.2 Å². The van der Waals surface area contributed by atoms with Crippen LogP contribution in [0.1, 0.15) is 27.9 Å². The number of hydrogen-bond donors (Lipinski definition) is 1. The van der Waals surface area contributed by atoms with E-state index in [2.05, 4.69) is 10.5 Å². The maximum atomic E-state index is 12.3. The molecule has 0 radical (unpaired) electrons. The molecule has 1 aliphatic rings. The van der Waals surface area contributed by atoms with Gasteiger partial charge in [0.15, 0.2) is 11.6 Å². The zero-order valence-corrected chi connectivity index (χ0v) is 17.2. The van der Waals surface area contributed by atoms with Crippen LogP contribution in [0.5, 0.6) is 0 Å². The van der Waals surface area contributed by atoms with Gasteiger partial charge in [0.2, 0.25) is 4.80 Å². The number of nitrogens with zero attached hydrogens (tertiary/aromatic N) is 2. The fourth-order valence-electron chi connectivity index (χ4n) is 2.75. The molecule has 1 N–H and O–H groups in total. The molecule has 3 rings (SSSR count). The van der Waals surface area contributed by atoms with Crippen LogP contribution in [0.3, 0.4) is 0 Å². The lowest BCUT2D eigenvalue weighted by Gasteiger charge is -2.08. The summed E-state index contributed by atoms with van der Waals surface area (Å²) in [7, 11) is 0. The molecular formula is C21H19N3O5S. The zero-order chi connectivity index (χ0) is 21.7. The molecular weight excluding hydrogens is 406 g/mol. The Morgan fingerprint density at radius 2 is 1.90 bits per heavy atom. The highest BCUT2D eigenvalue weighted by Crippen LogP contribution is 2.15. The van der Waals surface area contributed by atoms with E-state index >= 15 is 0 Å². The molecule has 1 amide bonds. The summed E-state index contributed by atoms with van der Waals surface area (Å²) in [5, 5.41) is 4.11. The molecule has 1 heterocycles. The Bertz CT molecular complexity index is 1140. The van der Waals surface area contributed by atoms with Crippen LogP contribution >= 0.6 is 11.3 Å². The minimum atomic E-state index is -0.798. The lowest BCUT2D eigenvalue weighted by atomic mass is 10.0. The van der Waals surface area contributed by atoms with E-state index in [4.69, 9.17) is 4.74 Å². The molecule has 0 saturated carbocycles. The van der Waals surface area contributed by atoms with Gasteiger partial charge in [-0.05, 0) is 31.6 Å². The number of esters is 1. The van der Waals surface area contributed by atoms with Crippen molar-refractivity contribution in [1.29, 1.82) is 0 Å². The second kappa shape index (κ2) is 9.27. The van der Waals surface area contributed by atoms with Gasteiger partial charge in [0, 0.05) is 11.8 Å². The second-order valence-electron chi connectivity index (χ2n) is 6.30. The van der Waals surface area contributed by atoms with Crippen LogP contribution in [0, 0.1) is 6.92 Å². The molecule has 0 unspecified atom stereocenters. The SMILES string of the molecule is CCOC(=O)c1s/c(=N/NC(=O)C2=CC(=O)C=CC2=O)n(Cc2ccccc2)c1C. The molecule has 1 aromatic heterocycles. The Hall–Kier alpha value is -3.59. The summed E-state index contributed by atoms with van der Waals surface area (Å²) in [5.74, 6) is -2.30. The highest BCUT2D eigenvalue weighted by Gasteiger charge is 2.21. The van der Waals surface area contributed by atoms with Crippen LogP contribution in [-0.2, 0) is 25.7 Å². The molecule has 0 saturated heterocycles. The van der Waals surface area contributed by atoms with Gasteiger partial charge in [-0.1, -0.05) is 41.7 Å². The Labute approximate surface area is 176 Å². The Kier molecular flexibility index (Phi) is 6.53. The van der Waals surface area contributed by atoms with E-state index in [0.29, 0.717) is 21.9 Å². The van der Waals surface area contributed by atoms with Crippen molar-refractivity contribution in [3.05, 3.63) is 75.1 Å². The Morgan fingerprint density at radius 3 is 2.60 bits per heavy atom. The summed E-state index contributed by atoms with van der Waals surface area (Å²) in [6.45, 7) is 4.13. The number of hydrogen-bond acceptors (Lipinski definition) is 7. The number of thiazole rings is 1. The number of carbonyl (C=O) groups excluding carboxylic acids is 4. The van der Waals surface area contributed by atoms with Crippen LogP contribution in [0.2, 0.25) is 0 Å². The van der Waals surface area contributed by atoms with Crippen molar-refractivity contribution < 1.29 is 23.9 Å². The van der Waals surface area contributed by atoms with Gasteiger partial charge in [0.05, 0.1) is 18.7 Å². The van der Waals surface area contributed by atoms with Crippen LogP contribution < -0.4 is 10.2 Å². The van der Waals surface area contributed by atoms with Gasteiger partial charge < -0.3 is 9.30 Å². The topological polar surface area (TPSA) is 107 Å². The number of amides is 1. The first kappa shape index (κ1) is 21.1. The molecule has 0 atom stereocenters. The lowest BCUT2D eigenvalue weighted by Crippen LogP contribution is -2.29. The van der Waals surface area contributed by atoms with E-state index < -0.39 is 23.4 Å². The molecule has 1 aromatic carbocycles. The van der Waals surface area contributed by atoms with Gasteiger partial charge in [-0.3, -0.25) is 14.4 Å². The quantitative estimate of drug-likeness (QED) is 0.328. The van der Waals surface area contributed by atoms with E-state index in [-0.39, 0.29) is 12.2 Å². The minimum Gasteiger partial charge on any atom is -0.462 e. The van der Waals surface area contributed by atoms with Gasteiger partial charge in [0.1, 0.15) is 4.88 Å². The molecule has 1 aliphatic carbocycles. The lowest BCUT2D eigenvalue weighted by molar-refractivity contribution is -0.122. The van der Waals surface area contributed by atoms with Gasteiger partial charge >= 0.3 is 5.97 Å². The van der Waals surface area contributed by atoms with Gasteiger partial charge in [0.25, 0.3) is 5.91 Å². The smallest absolute Gasteiger partial charge is 0.350 e. The zero-order valence-electron chi connectivity index (χ0n) is 16.4. The van der Waals surface area contributed by atoms with Crippen molar-refractivity contribution in [1.82, 2.24) is 9.99 Å². The molecule has 2 aromatic rings. The van der Waals surface area contributed by atoms with E-state index in [1.54, 1.807) is 18.4 Å². The summed E-state index contributed by atoms with van der Waals surface area (Å²) in [6, 6.07) is 9.55. The van der Waals surface area contributed by atoms with E-state index in [1.165, 1.54) is 0 Å². The van der Waals surface area contributed by atoms with Crippen molar-refractivity contribution in [2.45, 2.75) is 20.4 Å². The van der Waals surface area contributed by atoms with Gasteiger partial charge in [-0.2, -0.15) is 0 Å². The molecule has 30 heavy (non-hydrogen) atoms. The number of ether oxygens (including phenoxy) is 1. The molecule has 0 fully saturated rings. The molecule has 0 bridgehead atoms. The summed E-state index contributed by atoms with van der Waals surface area (Å²) in [5.41, 5.74) is 3.63. The van der Waals surface area contributed by atoms with E-state index in [1.807, 2.05) is 30.3 Å². The number of allylic oxidation sites excluding steroid dienone is 3. The second-order valence-corrected chi connectivity index (χ2v) is 7.28. The summed E-state index contributed by atoms with van der Waals surface area (Å²) in [6.07, 6.45) is 3.11. The van der Waals surface area contributed by atoms with Crippen molar-refractivity contribution in [2.24, 2.45) is 5.10 Å². The standard InChI is InChI=1S/C21H19N3O5S/c1-3-29-20(28)18-13(2)24(12-14-7-5-4-6-8-14)21(30-18)23-22-19(27)16-11-15(25)9-10-17(16)26/h4-11H,3,12H2,1-2H3,(H,22,27)/b23-21+. The van der Waals surface area contributed by atoms with Crippen molar-refractivity contribution in [3.8, 4) is 0 Å². The molecule has 0 aliphatic heterocycles. The molecule has 154 valence electrons. The fraction of sp³-hybridized carbons (Fsp3) is 0.190. The maximum absolute atomic E-state index is 12.3. The van der Waals surface area contributed by atoms with Crippen molar-refractivity contribution in [3.63, 3.8) is 0 Å². The predicted molar refractivity (Wildman–Crippen MR) is 109 cm³/mol. The molecule has 9 heteroatoms. The largest absolute Gasteiger partial charge is 0.462 e. The van der Waals surface area contributed by atoms with Crippen molar-refractivity contribution in [2.75, 3.05) is 6.61 Å². The molecule has 8 nitrogen and oxygen atoms in total.